The average Bonchev–Trinajstić information content (AvgIpc) is 2.82. The van der Waals surface area contributed by atoms with E-state index < -0.39 is 0 Å². The lowest BCUT2D eigenvalue weighted by atomic mass is 10.1. The van der Waals surface area contributed by atoms with Crippen molar-refractivity contribution in [3.05, 3.63) is 23.7 Å². The van der Waals surface area contributed by atoms with Gasteiger partial charge in [0.15, 0.2) is 0 Å². The zero-order chi connectivity index (χ0) is 12.7. The molecule has 4 nitrogen and oxygen atoms in total. The molecule has 1 aromatic heterocycles. The van der Waals surface area contributed by atoms with Crippen LogP contribution < -0.4 is 11.1 Å². The minimum absolute atomic E-state index is 0.0593. The molecule has 2 atom stereocenters. The van der Waals surface area contributed by atoms with Gasteiger partial charge in [-0.25, -0.2) is 0 Å². The molecule has 0 saturated carbocycles. The molecule has 0 bridgehead atoms. The first kappa shape index (κ1) is 14.2. The maximum atomic E-state index is 8.79. The van der Waals surface area contributed by atoms with E-state index in [1.807, 2.05) is 12.1 Å². The normalized spacial score (nSPS) is 14.8. The zero-order valence-electron chi connectivity index (χ0n) is 10.8. The van der Waals surface area contributed by atoms with Crippen molar-refractivity contribution in [1.82, 2.24) is 5.32 Å². The van der Waals surface area contributed by atoms with Crippen LogP contribution in [0.4, 0.5) is 0 Å². The van der Waals surface area contributed by atoms with Crippen LogP contribution in [0, 0.1) is 0 Å². The van der Waals surface area contributed by atoms with Gasteiger partial charge in [-0.05, 0) is 31.9 Å². The number of aliphatic hydroxyl groups is 1. The van der Waals surface area contributed by atoms with E-state index >= 15 is 0 Å². The van der Waals surface area contributed by atoms with Crippen molar-refractivity contribution in [2.45, 2.75) is 45.2 Å². The standard InChI is InChI=1S/C13H24N2O2/c1-3-11-6-7-13(17-11)12(9-14)15-10(2)5-4-8-16/h6-7,10,12,15-16H,3-5,8-9,14H2,1-2H3. The van der Waals surface area contributed by atoms with Gasteiger partial charge >= 0.3 is 0 Å². The number of rotatable bonds is 8. The monoisotopic (exact) mass is 240 g/mol. The first-order valence-corrected chi connectivity index (χ1v) is 6.36. The molecule has 0 fully saturated rings. The van der Waals surface area contributed by atoms with Crippen LogP contribution in [-0.4, -0.2) is 24.3 Å². The summed E-state index contributed by atoms with van der Waals surface area (Å²) in [6.45, 7) is 4.92. The Balaban J connectivity index is 2.52. The molecule has 1 heterocycles. The second-order valence-corrected chi connectivity index (χ2v) is 4.38. The molecule has 4 heteroatoms. The number of aliphatic hydroxyl groups excluding tert-OH is 1. The van der Waals surface area contributed by atoms with E-state index in [1.165, 1.54) is 0 Å². The third-order valence-corrected chi connectivity index (χ3v) is 2.89. The van der Waals surface area contributed by atoms with Gasteiger partial charge < -0.3 is 20.6 Å². The van der Waals surface area contributed by atoms with Crippen LogP contribution in [-0.2, 0) is 6.42 Å². The molecule has 1 rings (SSSR count). The Morgan fingerprint density at radius 2 is 2.24 bits per heavy atom. The average molecular weight is 240 g/mol. The molecule has 0 saturated heterocycles. The molecule has 0 aromatic carbocycles. The fourth-order valence-electron chi connectivity index (χ4n) is 1.86. The van der Waals surface area contributed by atoms with Gasteiger partial charge in [0.2, 0.25) is 0 Å². The fraction of sp³-hybridized carbons (Fsp3) is 0.692. The summed E-state index contributed by atoms with van der Waals surface area (Å²) >= 11 is 0. The summed E-state index contributed by atoms with van der Waals surface area (Å²) in [6.07, 6.45) is 2.65. The molecular weight excluding hydrogens is 216 g/mol. The number of hydrogen-bond donors (Lipinski definition) is 3. The van der Waals surface area contributed by atoms with Gasteiger partial charge in [-0.3, -0.25) is 0 Å². The van der Waals surface area contributed by atoms with E-state index in [0.29, 0.717) is 12.6 Å². The molecular formula is C13H24N2O2. The van der Waals surface area contributed by atoms with Crippen molar-refractivity contribution in [3.8, 4) is 0 Å². The van der Waals surface area contributed by atoms with Crippen molar-refractivity contribution >= 4 is 0 Å². The van der Waals surface area contributed by atoms with Crippen LogP contribution >= 0.6 is 0 Å². The van der Waals surface area contributed by atoms with E-state index in [-0.39, 0.29) is 12.6 Å². The number of nitrogens with two attached hydrogens (primary N) is 1. The lowest BCUT2D eigenvalue weighted by molar-refractivity contribution is 0.271. The molecule has 98 valence electrons. The highest BCUT2D eigenvalue weighted by Gasteiger charge is 2.15. The molecule has 2 unspecified atom stereocenters. The van der Waals surface area contributed by atoms with Gasteiger partial charge in [-0.15, -0.1) is 0 Å². The minimum Gasteiger partial charge on any atom is -0.464 e. The van der Waals surface area contributed by atoms with Crippen LogP contribution in [0.2, 0.25) is 0 Å². The third kappa shape index (κ3) is 4.50. The molecule has 0 aliphatic carbocycles. The Hall–Kier alpha value is -0.840. The summed E-state index contributed by atoms with van der Waals surface area (Å²) in [5.41, 5.74) is 5.76. The first-order chi connectivity index (χ1) is 8.21. The van der Waals surface area contributed by atoms with E-state index in [0.717, 1.165) is 30.8 Å². The van der Waals surface area contributed by atoms with Crippen molar-refractivity contribution in [2.24, 2.45) is 5.73 Å². The maximum Gasteiger partial charge on any atom is 0.122 e. The first-order valence-electron chi connectivity index (χ1n) is 6.36. The molecule has 4 N–H and O–H groups in total. The smallest absolute Gasteiger partial charge is 0.122 e. The Morgan fingerprint density at radius 1 is 1.47 bits per heavy atom. The lowest BCUT2D eigenvalue weighted by Crippen LogP contribution is -2.34. The number of nitrogens with one attached hydrogen (secondary N) is 1. The van der Waals surface area contributed by atoms with E-state index in [1.54, 1.807) is 0 Å². The lowest BCUT2D eigenvalue weighted by Gasteiger charge is -2.20. The van der Waals surface area contributed by atoms with E-state index in [9.17, 15) is 0 Å². The quantitative estimate of drug-likeness (QED) is 0.645. The molecule has 0 radical (unpaired) electrons. The van der Waals surface area contributed by atoms with Gasteiger partial charge in [0.1, 0.15) is 11.5 Å². The second kappa shape index (κ2) is 7.48. The van der Waals surface area contributed by atoms with Gasteiger partial charge in [-0.2, -0.15) is 0 Å². The van der Waals surface area contributed by atoms with E-state index in [2.05, 4.69) is 19.2 Å². The van der Waals surface area contributed by atoms with Gasteiger partial charge in [0.25, 0.3) is 0 Å². The molecule has 0 aliphatic rings. The van der Waals surface area contributed by atoms with Crippen LogP contribution in [0.15, 0.2) is 16.5 Å². The Kier molecular flexibility index (Phi) is 6.26. The topological polar surface area (TPSA) is 71.4 Å². The highest BCUT2D eigenvalue weighted by atomic mass is 16.3. The van der Waals surface area contributed by atoms with Gasteiger partial charge in [0, 0.05) is 25.6 Å². The van der Waals surface area contributed by atoms with Crippen LogP contribution in [0.25, 0.3) is 0 Å². The SMILES string of the molecule is CCc1ccc(C(CN)NC(C)CCCO)o1. The van der Waals surface area contributed by atoms with Crippen molar-refractivity contribution in [2.75, 3.05) is 13.2 Å². The summed E-state index contributed by atoms with van der Waals surface area (Å²) in [5, 5.41) is 12.2. The van der Waals surface area contributed by atoms with Crippen molar-refractivity contribution < 1.29 is 9.52 Å². The Morgan fingerprint density at radius 3 is 2.76 bits per heavy atom. The van der Waals surface area contributed by atoms with Crippen LogP contribution in [0.1, 0.15) is 44.3 Å². The highest BCUT2D eigenvalue weighted by Crippen LogP contribution is 2.17. The largest absolute Gasteiger partial charge is 0.464 e. The van der Waals surface area contributed by atoms with Crippen LogP contribution in [0.5, 0.6) is 0 Å². The van der Waals surface area contributed by atoms with E-state index in [4.69, 9.17) is 15.3 Å². The zero-order valence-corrected chi connectivity index (χ0v) is 10.8. The third-order valence-electron chi connectivity index (χ3n) is 2.89. The predicted octanol–water partition coefficient (Wildman–Crippen LogP) is 1.59. The predicted molar refractivity (Wildman–Crippen MR) is 68.8 cm³/mol. The summed E-state index contributed by atoms with van der Waals surface area (Å²) in [4.78, 5) is 0. The van der Waals surface area contributed by atoms with Crippen LogP contribution in [0.3, 0.4) is 0 Å². The fourth-order valence-corrected chi connectivity index (χ4v) is 1.86. The highest BCUT2D eigenvalue weighted by molar-refractivity contribution is 5.11. The molecule has 1 aromatic rings. The summed E-state index contributed by atoms with van der Waals surface area (Å²) in [5.74, 6) is 1.89. The Bertz CT molecular complexity index is 312. The summed E-state index contributed by atoms with van der Waals surface area (Å²) in [6, 6.07) is 4.37. The second-order valence-electron chi connectivity index (χ2n) is 4.38. The summed E-state index contributed by atoms with van der Waals surface area (Å²) < 4.78 is 5.70. The number of aryl methyl sites for hydroxylation is 1. The van der Waals surface area contributed by atoms with Crippen molar-refractivity contribution in [1.29, 1.82) is 0 Å². The molecule has 0 spiro atoms. The molecule has 0 amide bonds. The molecule has 0 aliphatic heterocycles. The van der Waals surface area contributed by atoms with Crippen molar-refractivity contribution in [3.63, 3.8) is 0 Å². The number of furan rings is 1. The number of hydrogen-bond acceptors (Lipinski definition) is 4. The maximum absolute atomic E-state index is 8.79. The Labute approximate surface area is 103 Å². The molecule has 17 heavy (non-hydrogen) atoms. The van der Waals surface area contributed by atoms with Gasteiger partial charge in [-0.1, -0.05) is 6.92 Å². The minimum atomic E-state index is 0.0593. The van der Waals surface area contributed by atoms with Gasteiger partial charge in [0.05, 0.1) is 6.04 Å². The summed E-state index contributed by atoms with van der Waals surface area (Å²) in [7, 11) is 0.